The molecule has 1 amide bonds. The summed E-state index contributed by atoms with van der Waals surface area (Å²) in [4.78, 5) is 15.0. The molecule has 19 heavy (non-hydrogen) atoms. The molecule has 0 saturated carbocycles. The number of anilines is 1. The highest BCUT2D eigenvalue weighted by Gasteiger charge is 2.28. The zero-order valence-corrected chi connectivity index (χ0v) is 11.2. The van der Waals surface area contributed by atoms with Crippen LogP contribution in [0.5, 0.6) is 0 Å². The number of aromatic nitrogens is 2. The van der Waals surface area contributed by atoms with Gasteiger partial charge in [-0.1, -0.05) is 0 Å². The molecule has 0 radical (unpaired) electrons. The first kappa shape index (κ1) is 12.5. The van der Waals surface area contributed by atoms with Crippen LogP contribution < -0.4 is 10.2 Å². The summed E-state index contributed by atoms with van der Waals surface area (Å²) in [6.07, 6.45) is 1.74. The van der Waals surface area contributed by atoms with Crippen molar-refractivity contribution in [2.75, 3.05) is 24.4 Å². The third kappa shape index (κ3) is 2.09. The van der Waals surface area contributed by atoms with Crippen LogP contribution in [-0.2, 0) is 4.79 Å². The minimum Gasteiger partial charge on any atom is -0.381 e. The number of rotatable bonds is 2. The Kier molecular flexibility index (Phi) is 3.17. The molecule has 1 aromatic heterocycles. The van der Waals surface area contributed by atoms with Crippen LogP contribution in [-0.4, -0.2) is 46.8 Å². The second-order valence-electron chi connectivity index (χ2n) is 4.40. The SMILES string of the molecule is CN1C(=O)[C@@H](NCO)CSc2cc3[nH]ncc3cc21. The number of carbonyl (C=O) groups is 1. The lowest BCUT2D eigenvalue weighted by molar-refractivity contribution is -0.120. The number of nitrogens with zero attached hydrogens (tertiary/aromatic N) is 2. The first-order valence-corrected chi connectivity index (χ1v) is 6.91. The van der Waals surface area contributed by atoms with Crippen molar-refractivity contribution in [2.45, 2.75) is 10.9 Å². The monoisotopic (exact) mass is 278 g/mol. The first-order chi connectivity index (χ1) is 9.20. The van der Waals surface area contributed by atoms with Crippen molar-refractivity contribution >= 4 is 34.3 Å². The van der Waals surface area contributed by atoms with Crippen molar-refractivity contribution in [3.05, 3.63) is 18.3 Å². The van der Waals surface area contributed by atoms with Gasteiger partial charge in [-0.05, 0) is 12.1 Å². The second-order valence-corrected chi connectivity index (χ2v) is 5.46. The van der Waals surface area contributed by atoms with Crippen LogP contribution in [0.3, 0.4) is 0 Å². The molecule has 6 nitrogen and oxygen atoms in total. The van der Waals surface area contributed by atoms with E-state index in [4.69, 9.17) is 5.11 Å². The van der Waals surface area contributed by atoms with Crippen molar-refractivity contribution in [1.82, 2.24) is 15.5 Å². The van der Waals surface area contributed by atoms with E-state index in [2.05, 4.69) is 15.5 Å². The van der Waals surface area contributed by atoms with Gasteiger partial charge in [0.25, 0.3) is 0 Å². The van der Waals surface area contributed by atoms with E-state index in [1.54, 1.807) is 29.9 Å². The molecule has 1 aliphatic heterocycles. The third-order valence-corrected chi connectivity index (χ3v) is 4.39. The molecule has 1 aromatic carbocycles. The Hall–Kier alpha value is -1.57. The molecular weight excluding hydrogens is 264 g/mol. The number of H-pyrrole nitrogens is 1. The van der Waals surface area contributed by atoms with E-state index >= 15 is 0 Å². The number of aromatic amines is 1. The number of hydrogen-bond acceptors (Lipinski definition) is 5. The molecule has 0 spiro atoms. The molecule has 2 aromatic rings. The van der Waals surface area contributed by atoms with Crippen LogP contribution in [0.15, 0.2) is 23.2 Å². The highest BCUT2D eigenvalue weighted by molar-refractivity contribution is 7.99. The van der Waals surface area contributed by atoms with Crippen molar-refractivity contribution in [3.8, 4) is 0 Å². The number of hydrogen-bond donors (Lipinski definition) is 3. The van der Waals surface area contributed by atoms with Gasteiger partial charge < -0.3 is 10.0 Å². The van der Waals surface area contributed by atoms with E-state index < -0.39 is 0 Å². The van der Waals surface area contributed by atoms with Gasteiger partial charge in [-0.15, -0.1) is 11.8 Å². The van der Waals surface area contributed by atoms with E-state index in [0.29, 0.717) is 5.75 Å². The van der Waals surface area contributed by atoms with Gasteiger partial charge >= 0.3 is 0 Å². The van der Waals surface area contributed by atoms with Crippen LogP contribution in [0.1, 0.15) is 0 Å². The molecule has 0 bridgehead atoms. The van der Waals surface area contributed by atoms with E-state index in [9.17, 15) is 4.79 Å². The zero-order valence-electron chi connectivity index (χ0n) is 10.4. The summed E-state index contributed by atoms with van der Waals surface area (Å²) < 4.78 is 0. The maximum atomic E-state index is 12.3. The van der Waals surface area contributed by atoms with Gasteiger partial charge in [0.15, 0.2) is 0 Å². The molecule has 7 heteroatoms. The summed E-state index contributed by atoms with van der Waals surface area (Å²) in [5, 5.41) is 19.7. The first-order valence-electron chi connectivity index (χ1n) is 5.92. The van der Waals surface area contributed by atoms with Gasteiger partial charge in [0, 0.05) is 23.1 Å². The van der Waals surface area contributed by atoms with E-state index in [0.717, 1.165) is 21.5 Å². The summed E-state index contributed by atoms with van der Waals surface area (Å²) in [6.45, 7) is -0.203. The van der Waals surface area contributed by atoms with Crippen molar-refractivity contribution in [2.24, 2.45) is 0 Å². The highest BCUT2D eigenvalue weighted by atomic mass is 32.2. The van der Waals surface area contributed by atoms with E-state index in [-0.39, 0.29) is 18.7 Å². The Labute approximate surface area is 114 Å². The normalized spacial score (nSPS) is 19.6. The second kappa shape index (κ2) is 4.84. The van der Waals surface area contributed by atoms with Gasteiger partial charge in [0.2, 0.25) is 5.91 Å². The highest BCUT2D eigenvalue weighted by Crippen LogP contribution is 2.36. The lowest BCUT2D eigenvalue weighted by atomic mass is 10.2. The Morgan fingerprint density at radius 1 is 1.63 bits per heavy atom. The number of thioether (sulfide) groups is 1. The molecule has 0 saturated heterocycles. The molecule has 1 atom stereocenters. The number of aliphatic hydroxyl groups excluding tert-OH is 1. The number of carbonyl (C=O) groups excluding carboxylic acids is 1. The van der Waals surface area contributed by atoms with E-state index in [1.165, 1.54) is 0 Å². The van der Waals surface area contributed by atoms with Crippen LogP contribution in [0.2, 0.25) is 0 Å². The third-order valence-electron chi connectivity index (χ3n) is 3.25. The molecule has 1 aliphatic rings. The summed E-state index contributed by atoms with van der Waals surface area (Å²) in [5.41, 5.74) is 1.84. The number of benzene rings is 1. The molecule has 3 rings (SSSR count). The van der Waals surface area contributed by atoms with Crippen molar-refractivity contribution in [3.63, 3.8) is 0 Å². The number of amides is 1. The van der Waals surface area contributed by atoms with Crippen LogP contribution in [0, 0.1) is 0 Å². The number of fused-ring (bicyclic) bond motifs is 2. The zero-order chi connectivity index (χ0) is 13.4. The van der Waals surface area contributed by atoms with E-state index in [1.807, 2.05) is 12.1 Å². The molecule has 100 valence electrons. The number of aliphatic hydroxyl groups is 1. The van der Waals surface area contributed by atoms with Crippen LogP contribution in [0.4, 0.5) is 5.69 Å². The predicted molar refractivity (Wildman–Crippen MR) is 74.2 cm³/mol. The molecular formula is C12H14N4O2S. The van der Waals surface area contributed by atoms with Gasteiger partial charge in [0.05, 0.1) is 30.2 Å². The molecule has 3 N–H and O–H groups in total. The average Bonchev–Trinajstić information content (AvgIpc) is 2.83. The maximum Gasteiger partial charge on any atom is 0.244 e. The van der Waals surface area contributed by atoms with Crippen LogP contribution in [0.25, 0.3) is 10.9 Å². The molecule has 2 heterocycles. The minimum absolute atomic E-state index is 0.0388. The van der Waals surface area contributed by atoms with Gasteiger partial charge in [0.1, 0.15) is 0 Å². The summed E-state index contributed by atoms with van der Waals surface area (Å²) >= 11 is 1.60. The molecule has 0 fully saturated rings. The maximum absolute atomic E-state index is 12.3. The fraction of sp³-hybridized carbons (Fsp3) is 0.333. The van der Waals surface area contributed by atoms with Gasteiger partial charge in [-0.3, -0.25) is 15.2 Å². The minimum atomic E-state index is -0.371. The Balaban J connectivity index is 2.05. The average molecular weight is 278 g/mol. The van der Waals surface area contributed by atoms with Crippen molar-refractivity contribution < 1.29 is 9.90 Å². The number of nitrogens with one attached hydrogen (secondary N) is 2. The Morgan fingerprint density at radius 2 is 2.47 bits per heavy atom. The summed E-state index contributed by atoms with van der Waals surface area (Å²) in [5.74, 6) is 0.555. The largest absolute Gasteiger partial charge is 0.381 e. The lowest BCUT2D eigenvalue weighted by Crippen LogP contribution is -2.46. The summed E-state index contributed by atoms with van der Waals surface area (Å²) in [7, 11) is 1.75. The molecule has 0 aliphatic carbocycles. The lowest BCUT2D eigenvalue weighted by Gasteiger charge is -2.21. The Morgan fingerprint density at radius 3 is 3.26 bits per heavy atom. The predicted octanol–water partition coefficient (Wildman–Crippen LogP) is 0.539. The topological polar surface area (TPSA) is 81.3 Å². The Bertz CT molecular complexity index is 627. The molecule has 0 unspecified atom stereocenters. The number of likely N-dealkylation sites (N-methyl/N-ethyl adjacent to an activating group) is 1. The van der Waals surface area contributed by atoms with Gasteiger partial charge in [-0.2, -0.15) is 5.10 Å². The fourth-order valence-electron chi connectivity index (χ4n) is 2.19. The van der Waals surface area contributed by atoms with Crippen LogP contribution >= 0.6 is 11.8 Å². The smallest absolute Gasteiger partial charge is 0.244 e. The summed E-state index contributed by atoms with van der Waals surface area (Å²) in [6, 6.07) is 3.59. The standard InChI is InChI=1S/C12H14N4O2S/c1-16-10-2-7-4-14-15-8(7)3-11(10)19-5-9(12(16)18)13-6-17/h2-4,9,13,17H,5-6H2,1H3,(H,14,15)/t9-/m0/s1. The van der Waals surface area contributed by atoms with Gasteiger partial charge in [-0.25, -0.2) is 0 Å². The fourth-order valence-corrected chi connectivity index (χ4v) is 3.34. The quantitative estimate of drug-likeness (QED) is 0.699. The van der Waals surface area contributed by atoms with Crippen molar-refractivity contribution in [1.29, 1.82) is 0 Å².